The van der Waals surface area contributed by atoms with Crippen molar-refractivity contribution in [1.82, 2.24) is 4.98 Å². The summed E-state index contributed by atoms with van der Waals surface area (Å²) in [5.41, 5.74) is 14.9. The summed E-state index contributed by atoms with van der Waals surface area (Å²) in [5, 5.41) is 16.6. The number of hydrogen-bond acceptors (Lipinski definition) is 8. The van der Waals surface area contributed by atoms with Crippen molar-refractivity contribution >= 4 is 41.3 Å². The number of primary amides is 1. The zero-order valence-corrected chi connectivity index (χ0v) is 15.4. The van der Waals surface area contributed by atoms with Crippen LogP contribution in [0, 0.1) is 11.2 Å². The summed E-state index contributed by atoms with van der Waals surface area (Å²) in [4.78, 5) is 15.9. The molecule has 0 saturated heterocycles. The first-order chi connectivity index (χ1) is 13.5. The van der Waals surface area contributed by atoms with Crippen molar-refractivity contribution < 1.29 is 9.18 Å². The number of amides is 1. The van der Waals surface area contributed by atoms with Gasteiger partial charge >= 0.3 is 0 Å². The van der Waals surface area contributed by atoms with Crippen LogP contribution in [0.4, 0.5) is 27.4 Å². The fourth-order valence-corrected chi connectivity index (χ4v) is 2.35. The first-order valence-corrected chi connectivity index (χ1v) is 8.60. The van der Waals surface area contributed by atoms with Gasteiger partial charge in [0.1, 0.15) is 5.82 Å². The Kier molecular flexibility index (Phi) is 7.40. The largest absolute Gasteiger partial charge is 0.365 e. The van der Waals surface area contributed by atoms with Gasteiger partial charge in [-0.1, -0.05) is 13.0 Å². The monoisotopic (exact) mass is 386 g/mol. The molecule has 1 heterocycles. The van der Waals surface area contributed by atoms with Crippen molar-refractivity contribution in [1.29, 1.82) is 5.41 Å². The zero-order valence-electron chi connectivity index (χ0n) is 15.4. The second kappa shape index (κ2) is 9.97. The highest BCUT2D eigenvalue weighted by Crippen LogP contribution is 2.25. The maximum atomic E-state index is 14.4. The lowest BCUT2D eigenvalue weighted by Gasteiger charge is -2.18. The molecule has 2 aromatic rings. The highest BCUT2D eigenvalue weighted by Gasteiger charge is 2.17. The minimum atomic E-state index is -0.809. The van der Waals surface area contributed by atoms with Crippen LogP contribution in [0.15, 0.2) is 35.4 Å². The number of hydrogen-bond donors (Lipinski definition) is 6. The predicted molar refractivity (Wildman–Crippen MR) is 110 cm³/mol. The third-order valence-electron chi connectivity index (χ3n) is 3.83. The third kappa shape index (κ3) is 5.48. The number of nitrogens with zero attached hydrogens (tertiary/aromatic N) is 2. The third-order valence-corrected chi connectivity index (χ3v) is 3.83. The Balaban J connectivity index is 2.35. The summed E-state index contributed by atoms with van der Waals surface area (Å²) >= 11 is 0. The highest BCUT2D eigenvalue weighted by atomic mass is 19.1. The van der Waals surface area contributed by atoms with Crippen LogP contribution in [0.3, 0.4) is 0 Å². The molecule has 0 fully saturated rings. The van der Waals surface area contributed by atoms with E-state index in [9.17, 15) is 9.18 Å². The molecule has 0 aliphatic carbocycles. The number of aromatic nitrogens is 1. The van der Waals surface area contributed by atoms with Crippen molar-refractivity contribution in [2.24, 2.45) is 16.6 Å². The van der Waals surface area contributed by atoms with E-state index in [1.54, 1.807) is 24.3 Å². The fraction of sp³-hybridized carbons (Fsp3) is 0.222. The first kappa shape index (κ1) is 20.8. The average molecular weight is 386 g/mol. The molecular formula is C18H23FN8O. The van der Waals surface area contributed by atoms with Gasteiger partial charge in [-0.15, -0.1) is 0 Å². The molecule has 9 nitrogen and oxygen atoms in total. The Morgan fingerprint density at radius 2 is 2.11 bits per heavy atom. The maximum absolute atomic E-state index is 14.4. The van der Waals surface area contributed by atoms with Crippen LogP contribution in [0.1, 0.15) is 23.7 Å². The van der Waals surface area contributed by atoms with Gasteiger partial charge in [0.2, 0.25) is 0 Å². The number of nitrogens with two attached hydrogens (primary N) is 2. The van der Waals surface area contributed by atoms with E-state index in [1.807, 2.05) is 6.92 Å². The summed E-state index contributed by atoms with van der Waals surface area (Å²) in [6, 6.07) is 7.84. The summed E-state index contributed by atoms with van der Waals surface area (Å²) < 4.78 is 14.4. The van der Waals surface area contributed by atoms with E-state index in [4.69, 9.17) is 16.9 Å². The smallest absolute Gasteiger partial charge is 0.252 e. The van der Waals surface area contributed by atoms with Crippen molar-refractivity contribution in [3.05, 3.63) is 41.7 Å². The molecule has 1 aromatic heterocycles. The van der Waals surface area contributed by atoms with Crippen LogP contribution in [0.2, 0.25) is 0 Å². The van der Waals surface area contributed by atoms with Gasteiger partial charge in [-0.2, -0.15) is 5.10 Å². The van der Waals surface area contributed by atoms with Crippen LogP contribution in [0.5, 0.6) is 0 Å². The number of halogens is 1. The fourth-order valence-electron chi connectivity index (χ4n) is 2.35. The van der Waals surface area contributed by atoms with Gasteiger partial charge in [-0.3, -0.25) is 10.2 Å². The van der Waals surface area contributed by atoms with Crippen molar-refractivity contribution in [2.75, 3.05) is 22.6 Å². The van der Waals surface area contributed by atoms with Gasteiger partial charge in [0.05, 0.1) is 17.5 Å². The summed E-state index contributed by atoms with van der Waals surface area (Å²) in [6.07, 6.45) is 3.00. The van der Waals surface area contributed by atoms with E-state index in [1.165, 1.54) is 6.21 Å². The quantitative estimate of drug-likeness (QED) is 0.272. The Morgan fingerprint density at radius 1 is 1.36 bits per heavy atom. The molecule has 1 aromatic carbocycles. The first-order valence-electron chi connectivity index (χ1n) is 8.60. The Morgan fingerprint density at radius 3 is 2.75 bits per heavy atom. The molecule has 8 N–H and O–H groups in total. The molecule has 1 atom stereocenters. The van der Waals surface area contributed by atoms with Crippen molar-refractivity contribution in [2.45, 2.75) is 19.4 Å². The van der Waals surface area contributed by atoms with Crippen LogP contribution in [-0.2, 0) is 0 Å². The van der Waals surface area contributed by atoms with E-state index < -0.39 is 11.7 Å². The van der Waals surface area contributed by atoms with Gasteiger partial charge in [0.25, 0.3) is 5.91 Å². The van der Waals surface area contributed by atoms with E-state index >= 15 is 0 Å². The highest BCUT2D eigenvalue weighted by molar-refractivity contribution is 6.14. The lowest BCUT2D eigenvalue weighted by molar-refractivity contribution is 0.100. The number of pyridine rings is 1. The molecule has 0 aliphatic heterocycles. The number of hydrazone groups is 1. The van der Waals surface area contributed by atoms with Gasteiger partial charge < -0.3 is 27.5 Å². The minimum absolute atomic E-state index is 0.0188. The van der Waals surface area contributed by atoms with E-state index in [2.05, 4.69) is 26.1 Å². The molecule has 0 saturated carbocycles. The van der Waals surface area contributed by atoms with Crippen LogP contribution in [-0.4, -0.2) is 35.9 Å². The summed E-state index contributed by atoms with van der Waals surface area (Å²) in [5.74, 6) is -1.41. The van der Waals surface area contributed by atoms with Gasteiger partial charge in [0, 0.05) is 24.5 Å². The molecule has 0 spiro atoms. The SMILES string of the molecule is CCC(CN)Nc1nc(Nc2cccc(N/N=C\C=N)c2)c(C(N)=O)cc1F. The second-order valence-electron chi connectivity index (χ2n) is 5.83. The van der Waals surface area contributed by atoms with Crippen LogP contribution >= 0.6 is 0 Å². The number of nitrogens with one attached hydrogen (secondary N) is 4. The van der Waals surface area contributed by atoms with Gasteiger partial charge in [-0.25, -0.2) is 9.37 Å². The van der Waals surface area contributed by atoms with Crippen molar-refractivity contribution in [3.8, 4) is 0 Å². The molecule has 1 amide bonds. The summed E-state index contributed by atoms with van der Waals surface area (Å²) in [7, 11) is 0. The zero-order chi connectivity index (χ0) is 20.5. The predicted octanol–water partition coefficient (Wildman–Crippen LogP) is 2.26. The molecule has 0 bridgehead atoms. The Bertz CT molecular complexity index is 867. The van der Waals surface area contributed by atoms with Gasteiger partial charge in [-0.05, 0) is 30.7 Å². The summed E-state index contributed by atoms with van der Waals surface area (Å²) in [6.45, 7) is 2.22. The molecule has 10 heteroatoms. The number of carbonyl (C=O) groups is 1. The number of benzene rings is 1. The maximum Gasteiger partial charge on any atom is 0.252 e. The van der Waals surface area contributed by atoms with Crippen LogP contribution < -0.4 is 27.5 Å². The van der Waals surface area contributed by atoms with Gasteiger partial charge in [0.15, 0.2) is 11.6 Å². The lowest BCUT2D eigenvalue weighted by atomic mass is 10.2. The van der Waals surface area contributed by atoms with Crippen molar-refractivity contribution in [3.63, 3.8) is 0 Å². The number of anilines is 4. The molecular weight excluding hydrogens is 363 g/mol. The second-order valence-corrected chi connectivity index (χ2v) is 5.83. The molecule has 28 heavy (non-hydrogen) atoms. The standard InChI is InChI=1S/C18H23FN8O/c1-2-11(10-21)24-18-15(19)9-14(16(22)28)17(26-18)25-12-4-3-5-13(8-12)27-23-7-6-20/h3-9,11,20,27H,2,10,21H2,1H3,(H2,22,28)(H2,24,25,26)/b20-6?,23-7-. The Hall–Kier alpha value is -3.53. The molecule has 148 valence electrons. The topological polar surface area (TPSA) is 154 Å². The van der Waals surface area contributed by atoms with E-state index in [0.717, 1.165) is 12.3 Å². The normalized spacial score (nSPS) is 11.8. The molecule has 2 rings (SSSR count). The lowest BCUT2D eigenvalue weighted by Crippen LogP contribution is -2.29. The number of rotatable bonds is 10. The Labute approximate surface area is 161 Å². The average Bonchev–Trinajstić information content (AvgIpc) is 2.68. The molecule has 1 unspecified atom stereocenters. The van der Waals surface area contributed by atoms with E-state index in [-0.39, 0.29) is 23.2 Å². The van der Waals surface area contributed by atoms with E-state index in [0.29, 0.717) is 24.3 Å². The minimum Gasteiger partial charge on any atom is -0.365 e. The number of carbonyl (C=O) groups excluding carboxylic acids is 1. The molecule has 0 aliphatic rings. The molecule has 0 radical (unpaired) electrons. The van der Waals surface area contributed by atoms with Crippen LogP contribution in [0.25, 0.3) is 0 Å².